The summed E-state index contributed by atoms with van der Waals surface area (Å²) in [5, 5.41) is 4.35. The van der Waals surface area contributed by atoms with Gasteiger partial charge in [-0.15, -0.1) is 0 Å². The Labute approximate surface area is 187 Å². The van der Waals surface area contributed by atoms with Crippen LogP contribution in [0.3, 0.4) is 0 Å². The van der Waals surface area contributed by atoms with Crippen LogP contribution in [-0.4, -0.2) is 64.4 Å². The number of sulfone groups is 1. The predicted octanol–water partition coefficient (Wildman–Crippen LogP) is 1.70. The Morgan fingerprint density at radius 1 is 1.25 bits per heavy atom. The van der Waals surface area contributed by atoms with Gasteiger partial charge in [0, 0.05) is 25.4 Å². The van der Waals surface area contributed by atoms with Crippen LogP contribution < -0.4 is 11.1 Å². The molecule has 0 atom stereocenters. The molecule has 10 heteroatoms. The monoisotopic (exact) mass is 458 g/mol. The number of nitrogen functional groups attached to an aromatic ring is 1. The zero-order valence-corrected chi connectivity index (χ0v) is 19.4. The first kappa shape index (κ1) is 22.5. The predicted molar refractivity (Wildman–Crippen MR) is 126 cm³/mol. The summed E-state index contributed by atoms with van der Waals surface area (Å²) in [7, 11) is -2.97. The molecule has 9 nitrogen and oxygen atoms in total. The Morgan fingerprint density at radius 2 is 2.00 bits per heavy atom. The van der Waals surface area contributed by atoms with Crippen LogP contribution in [0.15, 0.2) is 24.3 Å². The summed E-state index contributed by atoms with van der Waals surface area (Å²) in [6, 6.07) is 7.72. The highest BCUT2D eigenvalue weighted by molar-refractivity contribution is 7.92. The van der Waals surface area contributed by atoms with Crippen molar-refractivity contribution in [2.24, 2.45) is 0 Å². The summed E-state index contributed by atoms with van der Waals surface area (Å²) < 4.78 is 25.2. The van der Waals surface area contributed by atoms with Crippen molar-refractivity contribution < 1.29 is 13.2 Å². The first-order valence-corrected chi connectivity index (χ1v) is 12.8. The Kier molecular flexibility index (Phi) is 6.34. The summed E-state index contributed by atoms with van der Waals surface area (Å²) >= 11 is 0. The molecular formula is C22H30N6O3S. The molecule has 0 aliphatic carbocycles. The van der Waals surface area contributed by atoms with Crippen molar-refractivity contribution in [2.75, 3.05) is 30.3 Å². The fourth-order valence-corrected chi connectivity index (χ4v) is 5.82. The summed E-state index contributed by atoms with van der Waals surface area (Å²) in [4.78, 5) is 23.0. The van der Waals surface area contributed by atoms with Gasteiger partial charge in [0.15, 0.2) is 15.7 Å². The van der Waals surface area contributed by atoms with Crippen molar-refractivity contribution in [3.63, 3.8) is 0 Å². The normalized spacial score (nSPS) is 15.8. The lowest BCUT2D eigenvalue weighted by atomic mass is 10.2. The molecule has 1 saturated heterocycles. The number of pyridine rings is 1. The molecule has 3 aromatic rings. The molecule has 1 amide bonds. The van der Waals surface area contributed by atoms with Crippen molar-refractivity contribution >= 4 is 43.5 Å². The van der Waals surface area contributed by atoms with E-state index in [1.807, 2.05) is 24.3 Å². The third-order valence-electron chi connectivity index (χ3n) is 5.99. The number of nitrogens with two attached hydrogens (primary N) is 1. The molecule has 172 valence electrons. The van der Waals surface area contributed by atoms with Gasteiger partial charge in [-0.3, -0.25) is 4.79 Å². The number of para-hydroxylation sites is 1. The van der Waals surface area contributed by atoms with Crippen LogP contribution in [-0.2, 0) is 27.7 Å². The number of aromatic nitrogens is 3. The lowest BCUT2D eigenvalue weighted by Crippen LogP contribution is -2.55. The molecular weight excluding hydrogens is 428 g/mol. The number of rotatable bonds is 9. The van der Waals surface area contributed by atoms with Gasteiger partial charge in [0.2, 0.25) is 5.91 Å². The Hall–Kier alpha value is -2.72. The van der Waals surface area contributed by atoms with E-state index in [1.165, 1.54) is 6.92 Å². The zero-order chi connectivity index (χ0) is 22.9. The molecule has 1 aromatic carbocycles. The number of carbonyl (C=O) groups excluding carboxylic acids is 1. The third-order valence-corrected chi connectivity index (χ3v) is 7.78. The molecule has 3 N–H and O–H groups in total. The Balaban J connectivity index is 1.55. The maximum Gasteiger partial charge on any atom is 0.219 e. The standard InChI is InChI=1S/C22H30N6O3S/c1-3-24-12-19-26-20-21(17-8-4-5-9-18(17)25-22(20)23)28(19)11-7-6-10-27(15(2)29)16-13-32(30,31)14-16/h4-5,8-9,16,24H,3,6-7,10-14H2,1-2H3,(H2,23,25). The largest absolute Gasteiger partial charge is 0.382 e. The first-order chi connectivity index (χ1) is 15.3. The second-order valence-electron chi connectivity index (χ2n) is 8.32. The molecule has 1 fully saturated rings. The number of carbonyl (C=O) groups is 1. The van der Waals surface area contributed by atoms with E-state index in [2.05, 4.69) is 21.8 Å². The van der Waals surface area contributed by atoms with Crippen LogP contribution in [0.4, 0.5) is 5.82 Å². The van der Waals surface area contributed by atoms with E-state index in [0.29, 0.717) is 24.4 Å². The Morgan fingerprint density at radius 3 is 2.69 bits per heavy atom. The molecule has 2 aromatic heterocycles. The van der Waals surface area contributed by atoms with Crippen molar-refractivity contribution in [2.45, 2.75) is 45.8 Å². The molecule has 0 unspecified atom stereocenters. The summed E-state index contributed by atoms with van der Waals surface area (Å²) in [6.45, 7) is 6.28. The number of amides is 1. The number of aryl methyl sites for hydroxylation is 1. The third kappa shape index (κ3) is 4.42. The molecule has 1 aliphatic heterocycles. The lowest BCUT2D eigenvalue weighted by molar-refractivity contribution is -0.130. The lowest BCUT2D eigenvalue weighted by Gasteiger charge is -2.36. The van der Waals surface area contributed by atoms with Crippen molar-refractivity contribution in [1.82, 2.24) is 24.8 Å². The van der Waals surface area contributed by atoms with E-state index in [0.717, 1.165) is 48.2 Å². The van der Waals surface area contributed by atoms with Crippen LogP contribution in [0.25, 0.3) is 21.9 Å². The number of benzene rings is 1. The Bertz CT molecular complexity index is 1240. The quantitative estimate of drug-likeness (QED) is 0.468. The van der Waals surface area contributed by atoms with Gasteiger partial charge in [0.1, 0.15) is 11.3 Å². The molecule has 3 heterocycles. The van der Waals surface area contributed by atoms with Gasteiger partial charge in [0.05, 0.1) is 35.1 Å². The average molecular weight is 459 g/mol. The van der Waals surface area contributed by atoms with Crippen molar-refractivity contribution in [3.05, 3.63) is 30.1 Å². The van der Waals surface area contributed by atoms with E-state index in [1.54, 1.807) is 4.90 Å². The highest BCUT2D eigenvalue weighted by Gasteiger charge is 2.38. The maximum atomic E-state index is 12.0. The molecule has 0 radical (unpaired) electrons. The summed E-state index contributed by atoms with van der Waals surface area (Å²) in [5.74, 6) is 1.40. The van der Waals surface area contributed by atoms with Gasteiger partial charge in [-0.2, -0.15) is 0 Å². The van der Waals surface area contributed by atoms with E-state index < -0.39 is 9.84 Å². The van der Waals surface area contributed by atoms with E-state index in [-0.39, 0.29) is 23.5 Å². The molecule has 0 saturated carbocycles. The first-order valence-electron chi connectivity index (χ1n) is 11.0. The number of unbranched alkanes of at least 4 members (excludes halogenated alkanes) is 1. The van der Waals surface area contributed by atoms with E-state index in [9.17, 15) is 13.2 Å². The minimum atomic E-state index is -2.97. The number of fused-ring (bicyclic) bond motifs is 3. The van der Waals surface area contributed by atoms with Crippen LogP contribution >= 0.6 is 0 Å². The van der Waals surface area contributed by atoms with Crippen LogP contribution in [0.1, 0.15) is 32.5 Å². The van der Waals surface area contributed by atoms with Crippen LogP contribution in [0.5, 0.6) is 0 Å². The number of hydrogen-bond acceptors (Lipinski definition) is 7. The van der Waals surface area contributed by atoms with E-state index in [4.69, 9.17) is 10.7 Å². The highest BCUT2D eigenvalue weighted by Crippen LogP contribution is 2.29. The highest BCUT2D eigenvalue weighted by atomic mass is 32.2. The van der Waals surface area contributed by atoms with Crippen molar-refractivity contribution in [1.29, 1.82) is 0 Å². The molecule has 0 spiro atoms. The van der Waals surface area contributed by atoms with Crippen LogP contribution in [0.2, 0.25) is 0 Å². The molecule has 32 heavy (non-hydrogen) atoms. The van der Waals surface area contributed by atoms with E-state index >= 15 is 0 Å². The average Bonchev–Trinajstić information content (AvgIpc) is 3.09. The minimum absolute atomic E-state index is 0.0733. The van der Waals surface area contributed by atoms with Gasteiger partial charge in [-0.25, -0.2) is 18.4 Å². The second-order valence-corrected chi connectivity index (χ2v) is 10.5. The fourth-order valence-electron chi connectivity index (χ4n) is 4.38. The number of hydrogen-bond donors (Lipinski definition) is 2. The summed E-state index contributed by atoms with van der Waals surface area (Å²) in [5.41, 5.74) is 8.76. The van der Waals surface area contributed by atoms with Crippen LogP contribution in [0, 0.1) is 0 Å². The summed E-state index contributed by atoms with van der Waals surface area (Å²) in [6.07, 6.45) is 1.60. The van der Waals surface area contributed by atoms with Gasteiger partial charge < -0.3 is 20.5 Å². The maximum absolute atomic E-state index is 12.0. The van der Waals surface area contributed by atoms with Gasteiger partial charge in [0.25, 0.3) is 0 Å². The number of imidazole rings is 1. The molecule has 1 aliphatic rings. The smallest absolute Gasteiger partial charge is 0.219 e. The number of nitrogens with zero attached hydrogens (tertiary/aromatic N) is 4. The molecule has 0 bridgehead atoms. The zero-order valence-electron chi connectivity index (χ0n) is 18.5. The number of nitrogens with one attached hydrogen (secondary N) is 1. The molecule has 4 rings (SSSR count). The van der Waals surface area contributed by atoms with Gasteiger partial charge in [-0.1, -0.05) is 25.1 Å². The van der Waals surface area contributed by atoms with Gasteiger partial charge >= 0.3 is 0 Å². The number of anilines is 1. The fraction of sp³-hybridized carbons (Fsp3) is 0.500. The second kappa shape index (κ2) is 9.03. The van der Waals surface area contributed by atoms with Crippen molar-refractivity contribution in [3.8, 4) is 0 Å². The topological polar surface area (TPSA) is 123 Å². The van der Waals surface area contributed by atoms with Gasteiger partial charge in [-0.05, 0) is 25.5 Å². The SMILES string of the molecule is CCNCc1nc2c(N)nc3ccccc3c2n1CCCCN(C(C)=O)C1CS(=O)(=O)C1. The minimum Gasteiger partial charge on any atom is -0.382 e.